The van der Waals surface area contributed by atoms with Gasteiger partial charge in [0.25, 0.3) is 0 Å². The number of benzene rings is 1. The van der Waals surface area contributed by atoms with Gasteiger partial charge in [-0.05, 0) is 26.3 Å². The second-order valence-corrected chi connectivity index (χ2v) is 12.0. The van der Waals surface area contributed by atoms with Gasteiger partial charge in [0, 0.05) is 26.2 Å². The summed E-state index contributed by atoms with van der Waals surface area (Å²) in [6.07, 6.45) is 0. The Balaban J connectivity index is 1.97. The van der Waals surface area contributed by atoms with E-state index in [1.54, 1.807) is 13.8 Å². The molecule has 8 nitrogen and oxygen atoms in total. The normalized spacial score (nSPS) is 19.4. The first kappa shape index (κ1) is 22.6. The number of nitrogens with one attached hydrogen (secondary N) is 2. The molecule has 0 atom stereocenters. The number of rotatable bonds is 7. The predicted molar refractivity (Wildman–Crippen MR) is 112 cm³/mol. The molecule has 1 saturated heterocycles. The monoisotopic (exact) mass is 430 g/mol. The summed E-state index contributed by atoms with van der Waals surface area (Å²) in [7, 11) is -6.61. The zero-order chi connectivity index (χ0) is 20.8. The van der Waals surface area contributed by atoms with Crippen LogP contribution in [-0.2, 0) is 26.4 Å². The minimum atomic E-state index is -3.46. The first-order chi connectivity index (χ1) is 13.1. The van der Waals surface area contributed by atoms with Crippen LogP contribution in [0.25, 0.3) is 0 Å². The Labute approximate surface area is 168 Å². The van der Waals surface area contributed by atoms with Gasteiger partial charge in [0.05, 0.1) is 22.8 Å². The van der Waals surface area contributed by atoms with Crippen molar-refractivity contribution >= 4 is 25.8 Å². The van der Waals surface area contributed by atoms with Gasteiger partial charge in [0.2, 0.25) is 10.0 Å². The molecular weight excluding hydrogens is 400 g/mol. The number of sulfonamides is 1. The summed E-state index contributed by atoms with van der Waals surface area (Å²) in [4.78, 5) is 6.29. The molecule has 158 valence electrons. The van der Waals surface area contributed by atoms with Gasteiger partial charge in [0.1, 0.15) is 0 Å². The second kappa shape index (κ2) is 9.23. The zero-order valence-corrected chi connectivity index (χ0v) is 18.3. The Hall–Kier alpha value is -1.65. The topological polar surface area (TPSA) is 108 Å². The molecule has 0 bridgehead atoms. The molecule has 0 aliphatic carbocycles. The van der Waals surface area contributed by atoms with E-state index in [9.17, 15) is 16.8 Å². The van der Waals surface area contributed by atoms with Crippen molar-refractivity contribution in [1.82, 2.24) is 14.9 Å². The SMILES string of the molecule is CCNC(=NCCS(=O)(=O)NCc1ccccc1)N1CCS(=O)(=O)C(C)(C)C1. The minimum absolute atomic E-state index is 0.0569. The number of hydrogen-bond acceptors (Lipinski definition) is 5. The molecule has 0 amide bonds. The lowest BCUT2D eigenvalue weighted by Gasteiger charge is -2.39. The summed E-state index contributed by atoms with van der Waals surface area (Å²) in [6, 6.07) is 9.31. The van der Waals surface area contributed by atoms with Crippen molar-refractivity contribution in [3.8, 4) is 0 Å². The van der Waals surface area contributed by atoms with Crippen LogP contribution in [0.1, 0.15) is 26.3 Å². The van der Waals surface area contributed by atoms with Gasteiger partial charge in [0.15, 0.2) is 15.8 Å². The van der Waals surface area contributed by atoms with E-state index in [4.69, 9.17) is 0 Å². The molecule has 1 aliphatic rings. The van der Waals surface area contributed by atoms with Gasteiger partial charge >= 0.3 is 0 Å². The van der Waals surface area contributed by atoms with Crippen molar-refractivity contribution < 1.29 is 16.8 Å². The van der Waals surface area contributed by atoms with E-state index >= 15 is 0 Å². The van der Waals surface area contributed by atoms with Crippen molar-refractivity contribution in [3.63, 3.8) is 0 Å². The maximum atomic E-state index is 12.2. The minimum Gasteiger partial charge on any atom is -0.357 e. The third-order valence-corrected chi connectivity index (χ3v) is 8.48. The summed E-state index contributed by atoms with van der Waals surface area (Å²) < 4.78 is 50.5. The average molecular weight is 431 g/mol. The first-order valence-corrected chi connectivity index (χ1v) is 12.6. The first-order valence-electron chi connectivity index (χ1n) is 9.33. The molecule has 0 unspecified atom stereocenters. The Bertz CT molecular complexity index is 881. The van der Waals surface area contributed by atoms with Crippen molar-refractivity contribution in [1.29, 1.82) is 0 Å². The Morgan fingerprint density at radius 3 is 2.54 bits per heavy atom. The van der Waals surface area contributed by atoms with Gasteiger partial charge in [-0.15, -0.1) is 0 Å². The van der Waals surface area contributed by atoms with Crippen LogP contribution in [0.3, 0.4) is 0 Å². The van der Waals surface area contributed by atoms with Gasteiger partial charge in [-0.2, -0.15) is 0 Å². The molecule has 1 aromatic carbocycles. The van der Waals surface area contributed by atoms with Crippen molar-refractivity contribution in [2.75, 3.05) is 37.7 Å². The number of hydrogen-bond donors (Lipinski definition) is 2. The highest BCUT2D eigenvalue weighted by Crippen LogP contribution is 2.23. The van der Waals surface area contributed by atoms with Crippen molar-refractivity contribution in [2.24, 2.45) is 4.99 Å². The maximum absolute atomic E-state index is 12.2. The summed E-state index contributed by atoms with van der Waals surface area (Å²) in [5.74, 6) is 0.467. The Morgan fingerprint density at radius 2 is 1.93 bits per heavy atom. The number of sulfone groups is 1. The van der Waals surface area contributed by atoms with Crippen LogP contribution in [-0.4, -0.2) is 70.1 Å². The molecular formula is C18H30N4O4S2. The zero-order valence-electron chi connectivity index (χ0n) is 16.7. The summed E-state index contributed by atoms with van der Waals surface area (Å²) in [5, 5.41) is 3.13. The fourth-order valence-corrected chi connectivity index (χ4v) is 5.11. The highest BCUT2D eigenvalue weighted by atomic mass is 32.2. The van der Waals surface area contributed by atoms with Crippen molar-refractivity contribution in [2.45, 2.75) is 32.1 Å². The summed E-state index contributed by atoms with van der Waals surface area (Å²) in [5.41, 5.74) is 0.889. The van der Waals surface area contributed by atoms with E-state index < -0.39 is 24.6 Å². The molecule has 1 heterocycles. The summed E-state index contributed by atoms with van der Waals surface area (Å²) >= 11 is 0. The highest BCUT2D eigenvalue weighted by molar-refractivity contribution is 7.92. The molecule has 0 saturated carbocycles. The molecule has 1 aliphatic heterocycles. The number of guanidine groups is 1. The third-order valence-electron chi connectivity index (χ3n) is 4.64. The van der Waals surface area contributed by atoms with Crippen LogP contribution in [0, 0.1) is 0 Å². The number of aliphatic imine (C=N–C) groups is 1. The molecule has 0 radical (unpaired) electrons. The molecule has 1 fully saturated rings. The van der Waals surface area contributed by atoms with Gasteiger partial charge < -0.3 is 10.2 Å². The van der Waals surface area contributed by atoms with Crippen LogP contribution in [0.5, 0.6) is 0 Å². The summed E-state index contributed by atoms with van der Waals surface area (Å²) in [6.45, 7) is 6.94. The highest BCUT2D eigenvalue weighted by Gasteiger charge is 2.40. The fraction of sp³-hybridized carbons (Fsp3) is 0.611. The van der Waals surface area contributed by atoms with Gasteiger partial charge in [-0.1, -0.05) is 30.3 Å². The van der Waals surface area contributed by atoms with Crippen molar-refractivity contribution in [3.05, 3.63) is 35.9 Å². The molecule has 2 N–H and O–H groups in total. The second-order valence-electron chi connectivity index (χ2n) is 7.36. The maximum Gasteiger partial charge on any atom is 0.213 e. The van der Waals surface area contributed by atoms with E-state index in [1.165, 1.54) is 0 Å². The van der Waals surface area contributed by atoms with Crippen LogP contribution in [0.15, 0.2) is 35.3 Å². The van der Waals surface area contributed by atoms with Gasteiger partial charge in [-0.3, -0.25) is 4.99 Å². The Morgan fingerprint density at radius 1 is 1.25 bits per heavy atom. The van der Waals surface area contributed by atoms with E-state index in [0.717, 1.165) is 5.56 Å². The third kappa shape index (κ3) is 6.18. The van der Waals surface area contributed by atoms with Crippen LogP contribution >= 0.6 is 0 Å². The standard InChI is InChI=1S/C18H30N4O4S2/c1-4-19-17(22-11-13-27(23,24)18(2,3)15-22)20-10-12-28(25,26)21-14-16-8-6-5-7-9-16/h5-9,21H,4,10-15H2,1-3H3,(H,19,20). The van der Waals surface area contributed by atoms with E-state index in [1.807, 2.05) is 42.2 Å². The molecule has 2 rings (SSSR count). The Kier molecular flexibility index (Phi) is 7.46. The van der Waals surface area contributed by atoms with Gasteiger partial charge in [-0.25, -0.2) is 21.6 Å². The molecule has 1 aromatic rings. The lowest BCUT2D eigenvalue weighted by molar-refractivity contribution is 0.353. The van der Waals surface area contributed by atoms with Crippen LogP contribution in [0.2, 0.25) is 0 Å². The molecule has 0 aromatic heterocycles. The largest absolute Gasteiger partial charge is 0.357 e. The molecule has 0 spiro atoms. The molecule has 10 heteroatoms. The molecule has 28 heavy (non-hydrogen) atoms. The smallest absolute Gasteiger partial charge is 0.213 e. The average Bonchev–Trinajstić information content (AvgIpc) is 2.63. The lowest BCUT2D eigenvalue weighted by atomic mass is 10.2. The van der Waals surface area contributed by atoms with Crippen LogP contribution in [0.4, 0.5) is 0 Å². The number of nitrogens with zero attached hydrogens (tertiary/aromatic N) is 2. The van der Waals surface area contributed by atoms with E-state index in [-0.39, 0.29) is 24.6 Å². The van der Waals surface area contributed by atoms with E-state index in [0.29, 0.717) is 25.6 Å². The van der Waals surface area contributed by atoms with E-state index in [2.05, 4.69) is 15.0 Å². The predicted octanol–water partition coefficient (Wildman–Crippen LogP) is 0.581. The quantitative estimate of drug-likeness (QED) is 0.484. The van der Waals surface area contributed by atoms with Crippen LogP contribution < -0.4 is 10.0 Å². The lowest BCUT2D eigenvalue weighted by Crippen LogP contribution is -2.57. The fourth-order valence-electron chi connectivity index (χ4n) is 2.88.